The van der Waals surface area contributed by atoms with Crippen LogP contribution >= 0.6 is 0 Å². The largest absolute Gasteiger partial charge is 0.462 e. The van der Waals surface area contributed by atoms with Crippen molar-refractivity contribution in [1.82, 2.24) is 15.0 Å². The fraction of sp³-hybridized carbons (Fsp3) is 0.143. The fourth-order valence-electron chi connectivity index (χ4n) is 2.63. The fourth-order valence-corrected chi connectivity index (χ4v) is 2.63. The predicted molar refractivity (Wildman–Crippen MR) is 105 cm³/mol. The van der Waals surface area contributed by atoms with Crippen LogP contribution in [0, 0.1) is 17.5 Å². The van der Waals surface area contributed by atoms with E-state index in [4.69, 9.17) is 4.74 Å². The molecule has 31 heavy (non-hydrogen) atoms. The Morgan fingerprint density at radius 3 is 2.45 bits per heavy atom. The van der Waals surface area contributed by atoms with Gasteiger partial charge in [-0.05, 0) is 30.7 Å². The lowest BCUT2D eigenvalue weighted by Crippen LogP contribution is -2.19. The van der Waals surface area contributed by atoms with Gasteiger partial charge in [0.25, 0.3) is 0 Å². The molecule has 160 valence electrons. The zero-order valence-corrected chi connectivity index (χ0v) is 16.3. The van der Waals surface area contributed by atoms with Crippen molar-refractivity contribution in [3.05, 3.63) is 89.1 Å². The first-order valence-corrected chi connectivity index (χ1v) is 9.15. The molecule has 0 atom stereocenters. The maximum absolute atomic E-state index is 14.0. The molecule has 0 aliphatic heterocycles. The van der Waals surface area contributed by atoms with Crippen molar-refractivity contribution >= 4 is 17.4 Å². The molecule has 0 fully saturated rings. The number of halogens is 3. The highest BCUT2D eigenvalue weighted by Gasteiger charge is 2.25. The van der Waals surface area contributed by atoms with Crippen molar-refractivity contribution in [1.29, 1.82) is 0 Å². The summed E-state index contributed by atoms with van der Waals surface area (Å²) in [6.07, 6.45) is 4.31. The van der Waals surface area contributed by atoms with Crippen molar-refractivity contribution < 1.29 is 27.5 Å². The van der Waals surface area contributed by atoms with Crippen molar-refractivity contribution in [3.63, 3.8) is 0 Å². The van der Waals surface area contributed by atoms with E-state index in [2.05, 4.69) is 15.6 Å². The van der Waals surface area contributed by atoms with E-state index in [0.29, 0.717) is 18.3 Å². The molecule has 7 nitrogen and oxygen atoms in total. The van der Waals surface area contributed by atoms with Crippen LogP contribution in [-0.2, 0) is 16.1 Å². The number of Topliss-reactive ketones (excluding diaryl/α,β-unsaturated/α-hetero) is 1. The molecule has 0 amide bonds. The Labute approximate surface area is 175 Å². The van der Waals surface area contributed by atoms with Crippen LogP contribution in [0.1, 0.15) is 22.8 Å². The molecule has 0 unspecified atom stereocenters. The highest BCUT2D eigenvalue weighted by molar-refractivity contribution is 6.24. The molecule has 1 heterocycles. The van der Waals surface area contributed by atoms with Crippen LogP contribution < -0.4 is 5.32 Å². The van der Waals surface area contributed by atoms with Gasteiger partial charge in [-0.2, -0.15) is 0 Å². The molecule has 0 saturated carbocycles. The second-order valence-electron chi connectivity index (χ2n) is 6.30. The summed E-state index contributed by atoms with van der Waals surface area (Å²) in [6.45, 7) is 1.98. The Bertz CT molecular complexity index is 1110. The molecular formula is C21H17F3N4O3. The highest BCUT2D eigenvalue weighted by atomic mass is 19.2. The zero-order chi connectivity index (χ0) is 22.4. The number of ether oxygens (including phenoxy) is 1. The Hall–Kier alpha value is -3.95. The summed E-state index contributed by atoms with van der Waals surface area (Å²) in [4.78, 5) is 24.9. The number of hydrogen-bond donors (Lipinski definition) is 1. The van der Waals surface area contributed by atoms with Gasteiger partial charge in [0, 0.05) is 24.2 Å². The molecule has 0 aliphatic rings. The Morgan fingerprint density at radius 1 is 1.10 bits per heavy atom. The Morgan fingerprint density at radius 2 is 1.81 bits per heavy atom. The van der Waals surface area contributed by atoms with E-state index in [-0.39, 0.29) is 12.7 Å². The maximum Gasteiger partial charge on any atom is 0.343 e. The third-order valence-corrected chi connectivity index (χ3v) is 4.15. The zero-order valence-electron chi connectivity index (χ0n) is 16.3. The number of aromatic nitrogens is 3. The molecule has 0 spiro atoms. The maximum atomic E-state index is 14.0. The summed E-state index contributed by atoms with van der Waals surface area (Å²) in [5.41, 5.74) is 0.0786. The lowest BCUT2D eigenvalue weighted by Gasteiger charge is -2.09. The quantitative estimate of drug-likeness (QED) is 0.147. The smallest absolute Gasteiger partial charge is 0.343 e. The van der Waals surface area contributed by atoms with Gasteiger partial charge in [-0.1, -0.05) is 17.3 Å². The van der Waals surface area contributed by atoms with Gasteiger partial charge in [0.2, 0.25) is 5.78 Å². The third-order valence-electron chi connectivity index (χ3n) is 4.15. The normalized spacial score (nSPS) is 11.3. The minimum Gasteiger partial charge on any atom is -0.462 e. The second-order valence-corrected chi connectivity index (χ2v) is 6.30. The first-order chi connectivity index (χ1) is 14.9. The number of nitrogens with zero attached hydrogens (tertiary/aromatic N) is 3. The van der Waals surface area contributed by atoms with Crippen LogP contribution in [0.25, 0.3) is 0 Å². The summed E-state index contributed by atoms with van der Waals surface area (Å²) in [5, 5.41) is 10.3. The lowest BCUT2D eigenvalue weighted by molar-refractivity contribution is -0.138. The van der Waals surface area contributed by atoms with E-state index in [1.165, 1.54) is 6.92 Å². The summed E-state index contributed by atoms with van der Waals surface area (Å²) in [7, 11) is 0. The first-order valence-electron chi connectivity index (χ1n) is 9.15. The van der Waals surface area contributed by atoms with Gasteiger partial charge in [0.15, 0.2) is 11.6 Å². The molecule has 0 bridgehead atoms. The molecule has 3 rings (SSSR count). The minimum absolute atomic E-state index is 0.0410. The number of anilines is 1. The van der Waals surface area contributed by atoms with E-state index in [0.717, 1.165) is 11.8 Å². The van der Waals surface area contributed by atoms with E-state index in [1.54, 1.807) is 41.3 Å². The van der Waals surface area contributed by atoms with Crippen LogP contribution in [-0.4, -0.2) is 33.4 Å². The second kappa shape index (κ2) is 9.70. The Balaban J connectivity index is 1.82. The van der Waals surface area contributed by atoms with Crippen LogP contribution in [0.2, 0.25) is 0 Å². The number of benzene rings is 2. The monoisotopic (exact) mass is 430 g/mol. The van der Waals surface area contributed by atoms with Gasteiger partial charge in [-0.15, -0.1) is 5.10 Å². The number of rotatable bonds is 8. The first kappa shape index (κ1) is 21.8. The SMILES string of the molecule is CCOC(=O)C(=CNc1ccc(Cn2ccnn2)cc1)C(=O)c1cc(F)c(F)cc1F. The average molecular weight is 430 g/mol. The van der Waals surface area contributed by atoms with E-state index in [1.807, 2.05) is 0 Å². The molecule has 0 aliphatic carbocycles. The topological polar surface area (TPSA) is 86.1 Å². The van der Waals surface area contributed by atoms with Gasteiger partial charge < -0.3 is 10.1 Å². The van der Waals surface area contributed by atoms with Gasteiger partial charge in [0.1, 0.15) is 11.4 Å². The molecule has 1 N–H and O–H groups in total. The van der Waals surface area contributed by atoms with Crippen molar-refractivity contribution in [2.45, 2.75) is 13.5 Å². The van der Waals surface area contributed by atoms with Crippen molar-refractivity contribution in [2.24, 2.45) is 0 Å². The van der Waals surface area contributed by atoms with Crippen LogP contribution in [0.15, 0.2) is 60.6 Å². The van der Waals surface area contributed by atoms with Gasteiger partial charge >= 0.3 is 5.97 Å². The molecule has 2 aromatic carbocycles. The number of carbonyl (C=O) groups is 2. The van der Waals surface area contributed by atoms with E-state index in [9.17, 15) is 22.8 Å². The molecule has 1 aromatic heterocycles. The molecule has 0 radical (unpaired) electrons. The molecule has 10 heteroatoms. The van der Waals surface area contributed by atoms with Crippen LogP contribution in [0.5, 0.6) is 0 Å². The van der Waals surface area contributed by atoms with Crippen molar-refractivity contribution in [2.75, 3.05) is 11.9 Å². The van der Waals surface area contributed by atoms with E-state index >= 15 is 0 Å². The number of carbonyl (C=O) groups excluding carboxylic acids is 2. The number of ketones is 1. The molecule has 0 saturated heterocycles. The van der Waals surface area contributed by atoms with Crippen molar-refractivity contribution in [3.8, 4) is 0 Å². The summed E-state index contributed by atoms with van der Waals surface area (Å²) < 4.78 is 47.2. The standard InChI is InChI=1S/C21H17F3N4O3/c1-2-31-21(30)16(20(29)15-9-18(23)19(24)10-17(15)22)11-25-14-5-3-13(4-6-14)12-28-8-7-26-27-28/h3-11,25H,2,12H2,1H3. The number of esters is 1. The molecule has 3 aromatic rings. The van der Waals surface area contributed by atoms with Gasteiger partial charge in [-0.3, -0.25) is 4.79 Å². The van der Waals surface area contributed by atoms with Gasteiger partial charge in [0.05, 0.1) is 24.9 Å². The van der Waals surface area contributed by atoms with Crippen LogP contribution in [0.3, 0.4) is 0 Å². The predicted octanol–water partition coefficient (Wildman–Crippen LogP) is 3.49. The summed E-state index contributed by atoms with van der Waals surface area (Å²) in [6, 6.07) is 7.60. The lowest BCUT2D eigenvalue weighted by atomic mass is 10.0. The van der Waals surface area contributed by atoms with E-state index < -0.39 is 40.3 Å². The highest BCUT2D eigenvalue weighted by Crippen LogP contribution is 2.19. The summed E-state index contributed by atoms with van der Waals surface area (Å²) >= 11 is 0. The third kappa shape index (κ3) is 5.35. The molecular weight excluding hydrogens is 413 g/mol. The number of nitrogens with one attached hydrogen (secondary N) is 1. The van der Waals surface area contributed by atoms with Gasteiger partial charge in [-0.25, -0.2) is 22.6 Å². The minimum atomic E-state index is -1.44. The average Bonchev–Trinajstić information content (AvgIpc) is 3.25. The summed E-state index contributed by atoms with van der Waals surface area (Å²) in [5.74, 6) is -6.34. The number of hydrogen-bond acceptors (Lipinski definition) is 6. The van der Waals surface area contributed by atoms with Crippen LogP contribution in [0.4, 0.5) is 18.9 Å². The Kier molecular flexibility index (Phi) is 6.81.